The molecule has 0 saturated heterocycles. The minimum atomic E-state index is -0.0759. The fraction of sp³-hybridized carbons (Fsp3) is 0.235. The molecule has 3 heteroatoms. The first-order chi connectivity index (χ1) is 9.54. The largest absolute Gasteiger partial charge is 0.399 e. The number of carbonyl (C=O) groups is 1. The maximum atomic E-state index is 12.0. The van der Waals surface area contributed by atoms with Crippen molar-refractivity contribution in [3.8, 4) is 0 Å². The molecular weight excluding hydrogens is 248 g/mol. The first kappa shape index (κ1) is 14.1. The lowest BCUT2D eigenvalue weighted by Gasteiger charge is -2.07. The second-order valence-corrected chi connectivity index (χ2v) is 5.13. The molecule has 104 valence electrons. The number of anilines is 1. The molecule has 0 saturated carbocycles. The summed E-state index contributed by atoms with van der Waals surface area (Å²) in [7, 11) is 0. The van der Waals surface area contributed by atoms with E-state index in [9.17, 15) is 4.79 Å². The van der Waals surface area contributed by atoms with Gasteiger partial charge in [0.05, 0.1) is 0 Å². The summed E-state index contributed by atoms with van der Waals surface area (Å²) < 4.78 is 0. The molecule has 1 amide bonds. The van der Waals surface area contributed by atoms with Crippen LogP contribution in [0.25, 0.3) is 0 Å². The molecule has 0 aliphatic carbocycles. The molecule has 2 rings (SSSR count). The van der Waals surface area contributed by atoms with Crippen LogP contribution in [0.1, 0.15) is 27.0 Å². The molecule has 0 fully saturated rings. The Morgan fingerprint density at radius 2 is 1.90 bits per heavy atom. The molecule has 3 nitrogen and oxygen atoms in total. The Bertz CT molecular complexity index is 600. The van der Waals surface area contributed by atoms with Crippen molar-refractivity contribution in [1.29, 1.82) is 0 Å². The Labute approximate surface area is 119 Å². The molecule has 0 unspecified atom stereocenters. The minimum Gasteiger partial charge on any atom is -0.399 e. The van der Waals surface area contributed by atoms with Gasteiger partial charge in [0.15, 0.2) is 0 Å². The Balaban J connectivity index is 1.92. The van der Waals surface area contributed by atoms with Crippen LogP contribution >= 0.6 is 0 Å². The quantitative estimate of drug-likeness (QED) is 0.838. The van der Waals surface area contributed by atoms with E-state index in [1.165, 1.54) is 11.1 Å². The number of hydrogen-bond donors (Lipinski definition) is 2. The fourth-order valence-corrected chi connectivity index (χ4v) is 2.23. The lowest BCUT2D eigenvalue weighted by molar-refractivity contribution is 0.0954. The van der Waals surface area contributed by atoms with Crippen LogP contribution in [0.3, 0.4) is 0 Å². The van der Waals surface area contributed by atoms with E-state index in [-0.39, 0.29) is 5.91 Å². The van der Waals surface area contributed by atoms with Crippen molar-refractivity contribution in [1.82, 2.24) is 5.32 Å². The Hall–Kier alpha value is -2.29. The van der Waals surface area contributed by atoms with Crippen LogP contribution in [-0.2, 0) is 6.42 Å². The van der Waals surface area contributed by atoms with Crippen molar-refractivity contribution in [2.24, 2.45) is 0 Å². The van der Waals surface area contributed by atoms with E-state index < -0.39 is 0 Å². The summed E-state index contributed by atoms with van der Waals surface area (Å²) in [6, 6.07) is 13.7. The predicted octanol–water partition coefficient (Wildman–Crippen LogP) is 2.86. The van der Waals surface area contributed by atoms with Gasteiger partial charge in [-0.2, -0.15) is 0 Å². The Kier molecular flexibility index (Phi) is 4.41. The van der Waals surface area contributed by atoms with Crippen molar-refractivity contribution in [3.63, 3.8) is 0 Å². The highest BCUT2D eigenvalue weighted by atomic mass is 16.1. The van der Waals surface area contributed by atoms with Gasteiger partial charge in [-0.15, -0.1) is 0 Å². The third-order valence-electron chi connectivity index (χ3n) is 3.14. The van der Waals surface area contributed by atoms with Gasteiger partial charge in [-0.3, -0.25) is 4.79 Å². The van der Waals surface area contributed by atoms with E-state index in [0.29, 0.717) is 17.8 Å². The second-order valence-electron chi connectivity index (χ2n) is 5.13. The summed E-state index contributed by atoms with van der Waals surface area (Å²) >= 11 is 0. The third-order valence-corrected chi connectivity index (χ3v) is 3.14. The summed E-state index contributed by atoms with van der Waals surface area (Å²) in [6.45, 7) is 4.62. The molecule has 0 bridgehead atoms. The SMILES string of the molecule is Cc1cccc(CCNC(=O)c2cc(C)cc(N)c2)c1. The molecule has 0 aromatic heterocycles. The molecular formula is C17H20N2O. The summed E-state index contributed by atoms with van der Waals surface area (Å²) in [5.74, 6) is -0.0759. The summed E-state index contributed by atoms with van der Waals surface area (Å²) in [5.41, 5.74) is 10.5. The Morgan fingerprint density at radius 3 is 2.60 bits per heavy atom. The van der Waals surface area contributed by atoms with Crippen LogP contribution in [0.5, 0.6) is 0 Å². The highest BCUT2D eigenvalue weighted by Gasteiger charge is 2.06. The van der Waals surface area contributed by atoms with Crippen molar-refractivity contribution in [2.45, 2.75) is 20.3 Å². The Morgan fingerprint density at radius 1 is 1.10 bits per heavy atom. The molecule has 2 aromatic carbocycles. The number of rotatable bonds is 4. The molecule has 0 spiro atoms. The van der Waals surface area contributed by atoms with Gasteiger partial charge in [0.2, 0.25) is 0 Å². The second kappa shape index (κ2) is 6.24. The molecule has 0 radical (unpaired) electrons. The van der Waals surface area contributed by atoms with Crippen LogP contribution in [-0.4, -0.2) is 12.5 Å². The summed E-state index contributed by atoms with van der Waals surface area (Å²) in [5, 5.41) is 2.93. The van der Waals surface area contributed by atoms with Crippen LogP contribution in [0, 0.1) is 13.8 Å². The predicted molar refractivity (Wildman–Crippen MR) is 82.8 cm³/mol. The van der Waals surface area contributed by atoms with Gasteiger partial charge < -0.3 is 11.1 Å². The number of nitrogens with one attached hydrogen (secondary N) is 1. The van der Waals surface area contributed by atoms with Gasteiger partial charge in [0.1, 0.15) is 0 Å². The van der Waals surface area contributed by atoms with Gasteiger partial charge in [-0.05, 0) is 49.6 Å². The third kappa shape index (κ3) is 3.85. The molecule has 0 atom stereocenters. The fourth-order valence-electron chi connectivity index (χ4n) is 2.23. The number of nitrogen functional groups attached to an aromatic ring is 1. The maximum Gasteiger partial charge on any atom is 0.251 e. The van der Waals surface area contributed by atoms with Gasteiger partial charge >= 0.3 is 0 Å². The zero-order valence-electron chi connectivity index (χ0n) is 11.9. The number of carbonyl (C=O) groups excluding carboxylic acids is 1. The average molecular weight is 268 g/mol. The van der Waals surface area contributed by atoms with E-state index in [0.717, 1.165) is 12.0 Å². The van der Waals surface area contributed by atoms with Gasteiger partial charge in [0.25, 0.3) is 5.91 Å². The van der Waals surface area contributed by atoms with E-state index in [1.807, 2.05) is 25.1 Å². The van der Waals surface area contributed by atoms with E-state index in [4.69, 9.17) is 5.73 Å². The van der Waals surface area contributed by atoms with Crippen molar-refractivity contribution in [3.05, 3.63) is 64.7 Å². The normalized spacial score (nSPS) is 10.3. The highest BCUT2D eigenvalue weighted by molar-refractivity contribution is 5.95. The molecule has 3 N–H and O–H groups in total. The number of aryl methyl sites for hydroxylation is 2. The van der Waals surface area contributed by atoms with Crippen molar-refractivity contribution >= 4 is 11.6 Å². The topological polar surface area (TPSA) is 55.1 Å². The maximum absolute atomic E-state index is 12.0. The zero-order chi connectivity index (χ0) is 14.5. The smallest absolute Gasteiger partial charge is 0.251 e. The summed E-state index contributed by atoms with van der Waals surface area (Å²) in [6.07, 6.45) is 0.828. The van der Waals surface area contributed by atoms with Crippen LogP contribution in [0.4, 0.5) is 5.69 Å². The lowest BCUT2D eigenvalue weighted by atomic mass is 10.1. The van der Waals surface area contributed by atoms with E-state index >= 15 is 0 Å². The van der Waals surface area contributed by atoms with Crippen LogP contribution in [0.2, 0.25) is 0 Å². The van der Waals surface area contributed by atoms with Crippen LogP contribution < -0.4 is 11.1 Å². The van der Waals surface area contributed by atoms with E-state index in [1.54, 1.807) is 6.07 Å². The number of benzene rings is 2. The standard InChI is InChI=1S/C17H20N2O/c1-12-4-3-5-14(8-12)6-7-19-17(20)15-9-13(2)10-16(18)11-15/h3-5,8-11H,6-7,18H2,1-2H3,(H,19,20). The highest BCUT2D eigenvalue weighted by Crippen LogP contribution is 2.11. The first-order valence-electron chi connectivity index (χ1n) is 6.75. The lowest BCUT2D eigenvalue weighted by Crippen LogP contribution is -2.25. The molecule has 20 heavy (non-hydrogen) atoms. The molecule has 0 aliphatic heterocycles. The number of hydrogen-bond acceptors (Lipinski definition) is 2. The molecule has 0 heterocycles. The van der Waals surface area contributed by atoms with Gasteiger partial charge in [0, 0.05) is 17.8 Å². The summed E-state index contributed by atoms with van der Waals surface area (Å²) in [4.78, 5) is 12.0. The van der Waals surface area contributed by atoms with Gasteiger partial charge in [-0.1, -0.05) is 29.8 Å². The molecule has 0 aliphatic rings. The molecule has 2 aromatic rings. The van der Waals surface area contributed by atoms with Crippen molar-refractivity contribution < 1.29 is 4.79 Å². The number of amides is 1. The first-order valence-corrected chi connectivity index (χ1v) is 6.75. The van der Waals surface area contributed by atoms with Crippen LogP contribution in [0.15, 0.2) is 42.5 Å². The van der Waals surface area contributed by atoms with Gasteiger partial charge in [-0.25, -0.2) is 0 Å². The monoisotopic (exact) mass is 268 g/mol. The van der Waals surface area contributed by atoms with E-state index in [2.05, 4.69) is 30.4 Å². The average Bonchev–Trinajstić information content (AvgIpc) is 2.37. The number of nitrogens with two attached hydrogens (primary N) is 1. The zero-order valence-corrected chi connectivity index (χ0v) is 11.9. The van der Waals surface area contributed by atoms with Crippen molar-refractivity contribution in [2.75, 3.05) is 12.3 Å². The minimum absolute atomic E-state index is 0.0759.